The Morgan fingerprint density at radius 1 is 1.23 bits per heavy atom. The van der Waals surface area contributed by atoms with Crippen LogP contribution in [0.4, 0.5) is 0 Å². The van der Waals surface area contributed by atoms with Crippen molar-refractivity contribution >= 4 is 34.5 Å². The third-order valence-electron chi connectivity index (χ3n) is 5.07. The largest absolute Gasteiger partial charge is 0.480 e. The smallest absolute Gasteiger partial charge is 0.327 e. The number of Topliss-reactive ketones (excluding diaryl/α,β-unsaturated/α-hetero) is 1. The molecule has 0 spiro atoms. The number of benzene rings is 1. The van der Waals surface area contributed by atoms with E-state index in [0.717, 1.165) is 22.2 Å². The summed E-state index contributed by atoms with van der Waals surface area (Å²) in [6.07, 6.45) is 3.58. The van der Waals surface area contributed by atoms with Crippen LogP contribution in [0.5, 0.6) is 0 Å². The van der Waals surface area contributed by atoms with E-state index in [4.69, 9.17) is 5.73 Å². The Balaban J connectivity index is 2.27. The van der Waals surface area contributed by atoms with Crippen molar-refractivity contribution in [2.75, 3.05) is 0 Å². The quantitative estimate of drug-likeness (QED) is 0.647. The topological polar surface area (TPSA) is 118 Å². The lowest BCUT2D eigenvalue weighted by molar-refractivity contribution is -0.150. The first-order valence-corrected chi connectivity index (χ1v) is 10.7. The van der Waals surface area contributed by atoms with Gasteiger partial charge in [0.15, 0.2) is 10.9 Å². The number of rotatable bonds is 8. The summed E-state index contributed by atoms with van der Waals surface area (Å²) in [5, 5.41) is 8.68. The summed E-state index contributed by atoms with van der Waals surface area (Å²) in [6, 6.07) is 7.08. The minimum atomic E-state index is -1.18. The number of hydrogen-bond acceptors (Lipinski definition) is 6. The summed E-state index contributed by atoms with van der Waals surface area (Å²) in [4.78, 5) is 50.8. The predicted octanol–water partition coefficient (Wildman–Crippen LogP) is 2.25. The van der Waals surface area contributed by atoms with Gasteiger partial charge in [0, 0.05) is 19.0 Å². The highest BCUT2D eigenvalue weighted by Gasteiger charge is 2.41. The Morgan fingerprint density at radius 2 is 1.87 bits per heavy atom. The van der Waals surface area contributed by atoms with Gasteiger partial charge in [-0.05, 0) is 24.3 Å². The minimum absolute atomic E-state index is 0.194. The maximum absolute atomic E-state index is 13.3. The zero-order chi connectivity index (χ0) is 22.4. The van der Waals surface area contributed by atoms with Crippen molar-refractivity contribution in [1.82, 2.24) is 4.90 Å². The predicted molar refractivity (Wildman–Crippen MR) is 116 cm³/mol. The molecule has 8 heteroatoms. The molecule has 3 N–H and O–H groups in total. The van der Waals surface area contributed by atoms with Gasteiger partial charge in [-0.1, -0.05) is 62.0 Å². The van der Waals surface area contributed by atoms with Crippen molar-refractivity contribution in [1.29, 1.82) is 0 Å². The van der Waals surface area contributed by atoms with Crippen LogP contribution in [-0.2, 0) is 25.6 Å². The third kappa shape index (κ3) is 5.79. The monoisotopic (exact) mass is 432 g/mol. The second-order valence-corrected chi connectivity index (χ2v) is 9.10. The van der Waals surface area contributed by atoms with Gasteiger partial charge in [-0.3, -0.25) is 14.4 Å². The number of carbonyl (C=O) groups excluding carboxylic acids is 3. The maximum atomic E-state index is 13.3. The van der Waals surface area contributed by atoms with Crippen molar-refractivity contribution in [2.24, 2.45) is 17.6 Å². The lowest BCUT2D eigenvalue weighted by atomic mass is 9.88. The van der Waals surface area contributed by atoms with Gasteiger partial charge < -0.3 is 15.7 Å². The molecule has 0 radical (unpaired) electrons. The normalized spacial score (nSPS) is 21.2. The van der Waals surface area contributed by atoms with E-state index in [2.05, 4.69) is 0 Å². The highest BCUT2D eigenvalue weighted by molar-refractivity contribution is 8.14. The molecule has 2 rings (SSSR count). The minimum Gasteiger partial charge on any atom is -0.480 e. The Kier molecular flexibility index (Phi) is 8.37. The van der Waals surface area contributed by atoms with Gasteiger partial charge in [0.25, 0.3) is 0 Å². The van der Waals surface area contributed by atoms with Gasteiger partial charge in [0.1, 0.15) is 6.04 Å². The number of ketones is 1. The number of nitrogens with zero attached hydrogens (tertiary/aromatic N) is 1. The van der Waals surface area contributed by atoms with Crippen LogP contribution in [0.2, 0.25) is 0 Å². The van der Waals surface area contributed by atoms with Gasteiger partial charge in [-0.15, -0.1) is 0 Å². The molecule has 1 amide bonds. The fourth-order valence-corrected chi connectivity index (χ4v) is 4.57. The molecular formula is C22H28N2O5S. The third-order valence-corrected chi connectivity index (χ3v) is 6.08. The molecule has 0 bridgehead atoms. The molecule has 4 unspecified atom stereocenters. The van der Waals surface area contributed by atoms with Crippen molar-refractivity contribution in [2.45, 2.75) is 50.9 Å². The molecule has 4 atom stereocenters. The first kappa shape index (κ1) is 23.8. The molecule has 1 aromatic carbocycles. The van der Waals surface area contributed by atoms with Crippen LogP contribution in [-0.4, -0.2) is 50.1 Å². The molecule has 0 aromatic heterocycles. The molecule has 7 nitrogen and oxygen atoms in total. The Hall–Kier alpha value is -2.45. The average molecular weight is 433 g/mol. The van der Waals surface area contributed by atoms with Gasteiger partial charge in [0.2, 0.25) is 5.91 Å². The average Bonchev–Trinajstić information content (AvgIpc) is 2.81. The molecule has 1 aliphatic rings. The molecule has 30 heavy (non-hydrogen) atoms. The van der Waals surface area contributed by atoms with E-state index < -0.39 is 35.1 Å². The van der Waals surface area contributed by atoms with Crippen LogP contribution in [0.25, 0.3) is 0 Å². The lowest BCUT2D eigenvalue weighted by Crippen LogP contribution is -2.54. The number of hydrogen-bond donors (Lipinski definition) is 2. The van der Waals surface area contributed by atoms with Gasteiger partial charge in [-0.2, -0.15) is 0 Å². The first-order valence-electron chi connectivity index (χ1n) is 9.85. The maximum Gasteiger partial charge on any atom is 0.327 e. The van der Waals surface area contributed by atoms with Crippen molar-refractivity contribution in [3.63, 3.8) is 0 Å². The fraction of sp³-hybridized carbons (Fsp3) is 0.455. The number of carboxylic acid groups (broad SMARTS) is 1. The SMILES string of the molecule is CC(=O)SC(Cc1ccccc1)C(=O)C1CC=CN(C(C(=O)O)C(C)C)C(=O)C1N. The summed E-state index contributed by atoms with van der Waals surface area (Å²) in [5.74, 6) is -3.18. The second kappa shape index (κ2) is 10.5. The van der Waals surface area contributed by atoms with Gasteiger partial charge >= 0.3 is 5.97 Å². The molecule has 162 valence electrons. The van der Waals surface area contributed by atoms with Gasteiger partial charge in [-0.25, -0.2) is 4.79 Å². The molecule has 1 aliphatic heterocycles. The lowest BCUT2D eigenvalue weighted by Gasteiger charge is -2.31. The summed E-state index contributed by atoms with van der Waals surface area (Å²) in [5.41, 5.74) is 7.08. The Morgan fingerprint density at radius 3 is 2.40 bits per heavy atom. The first-order chi connectivity index (χ1) is 14.1. The van der Waals surface area contributed by atoms with E-state index in [-0.39, 0.29) is 23.2 Å². The highest BCUT2D eigenvalue weighted by atomic mass is 32.2. The molecule has 1 heterocycles. The number of carboxylic acids is 1. The summed E-state index contributed by atoms with van der Waals surface area (Å²) in [6.45, 7) is 4.81. The molecule has 0 saturated heterocycles. The van der Waals surface area contributed by atoms with Crippen LogP contribution >= 0.6 is 11.8 Å². The zero-order valence-electron chi connectivity index (χ0n) is 17.4. The Bertz CT molecular complexity index is 824. The second-order valence-electron chi connectivity index (χ2n) is 7.72. The number of allylic oxidation sites excluding steroid dienone is 1. The van der Waals surface area contributed by atoms with E-state index in [1.165, 1.54) is 13.1 Å². The fourth-order valence-electron chi connectivity index (χ4n) is 3.60. The van der Waals surface area contributed by atoms with Crippen molar-refractivity contribution in [3.8, 4) is 0 Å². The van der Waals surface area contributed by atoms with Crippen LogP contribution in [0.15, 0.2) is 42.6 Å². The molecule has 0 aliphatic carbocycles. The number of carbonyl (C=O) groups is 4. The van der Waals surface area contributed by atoms with Crippen molar-refractivity contribution < 1.29 is 24.3 Å². The van der Waals surface area contributed by atoms with Crippen LogP contribution in [0.3, 0.4) is 0 Å². The van der Waals surface area contributed by atoms with Crippen LogP contribution in [0.1, 0.15) is 32.8 Å². The summed E-state index contributed by atoms with van der Waals surface area (Å²) in [7, 11) is 0. The van der Waals surface area contributed by atoms with Gasteiger partial charge in [0.05, 0.1) is 11.3 Å². The van der Waals surface area contributed by atoms with E-state index in [1.807, 2.05) is 30.3 Å². The van der Waals surface area contributed by atoms with E-state index in [1.54, 1.807) is 19.9 Å². The van der Waals surface area contributed by atoms with E-state index >= 15 is 0 Å². The number of aliphatic carboxylic acids is 1. The molecule has 1 aromatic rings. The molecular weight excluding hydrogens is 404 g/mol. The summed E-state index contributed by atoms with van der Waals surface area (Å²) >= 11 is 0.936. The number of nitrogens with two attached hydrogens (primary N) is 1. The van der Waals surface area contributed by atoms with E-state index in [0.29, 0.717) is 6.42 Å². The number of thioether (sulfide) groups is 1. The zero-order valence-corrected chi connectivity index (χ0v) is 18.2. The standard InChI is InChI=1S/C22H28N2O5S/c1-13(2)19(22(28)29)24-11-7-10-16(18(23)21(24)27)20(26)17(30-14(3)25)12-15-8-5-4-6-9-15/h4-9,11,13,16-19H,10,12,23H2,1-3H3,(H,28,29). The van der Waals surface area contributed by atoms with E-state index in [9.17, 15) is 24.3 Å². The highest BCUT2D eigenvalue weighted by Crippen LogP contribution is 2.28. The molecule has 0 saturated carbocycles. The Labute approximate surface area is 180 Å². The van der Waals surface area contributed by atoms with Crippen LogP contribution < -0.4 is 5.73 Å². The van der Waals surface area contributed by atoms with Crippen LogP contribution in [0, 0.1) is 11.8 Å². The number of amides is 1. The summed E-state index contributed by atoms with van der Waals surface area (Å²) < 4.78 is 0. The van der Waals surface area contributed by atoms with Crippen molar-refractivity contribution in [3.05, 3.63) is 48.2 Å². The molecule has 0 fully saturated rings.